The van der Waals surface area contributed by atoms with Gasteiger partial charge in [0.25, 0.3) is 0 Å². The number of nitrogens with one attached hydrogen (secondary N) is 2. The van der Waals surface area contributed by atoms with Crippen LogP contribution in [0.3, 0.4) is 0 Å². The van der Waals surface area contributed by atoms with Crippen molar-refractivity contribution in [1.82, 2.24) is 30.2 Å². The molecule has 0 radical (unpaired) electrons. The van der Waals surface area contributed by atoms with Gasteiger partial charge >= 0.3 is 0 Å². The summed E-state index contributed by atoms with van der Waals surface area (Å²) in [5.74, 6) is 0.799. The van der Waals surface area contributed by atoms with Crippen LogP contribution >= 0.6 is 24.0 Å². The number of hydrogen-bond donors (Lipinski definition) is 2. The minimum absolute atomic E-state index is 0. The first-order valence-corrected chi connectivity index (χ1v) is 9.19. The van der Waals surface area contributed by atoms with Crippen LogP contribution in [0, 0.1) is 6.92 Å². The highest BCUT2D eigenvalue weighted by Crippen LogP contribution is 2.13. The molecule has 8 heteroatoms. The molecule has 0 aliphatic rings. The Morgan fingerprint density at radius 1 is 1.14 bits per heavy atom. The van der Waals surface area contributed by atoms with Crippen molar-refractivity contribution >= 4 is 29.9 Å². The quantitative estimate of drug-likeness (QED) is 0.230. The molecule has 2 N–H and O–H groups in total. The third kappa shape index (κ3) is 5.82. The number of aromatic nitrogens is 4. The monoisotopic (exact) mass is 493 g/mol. The normalized spacial score (nSPS) is 11.2. The maximum atomic E-state index is 4.63. The van der Waals surface area contributed by atoms with Gasteiger partial charge in [0.1, 0.15) is 0 Å². The van der Waals surface area contributed by atoms with E-state index in [1.807, 2.05) is 40.7 Å². The molecule has 0 unspecified atom stereocenters. The highest BCUT2D eigenvalue weighted by Gasteiger charge is 2.06. The lowest BCUT2D eigenvalue weighted by Gasteiger charge is -2.11. The molecule has 0 spiro atoms. The number of aryl methyl sites for hydroxylation is 3. The van der Waals surface area contributed by atoms with E-state index < -0.39 is 0 Å². The predicted molar refractivity (Wildman–Crippen MR) is 123 cm³/mol. The number of nitrogens with zero attached hydrogens (tertiary/aromatic N) is 5. The van der Waals surface area contributed by atoms with Crippen LogP contribution in [0.15, 0.2) is 53.8 Å². The maximum Gasteiger partial charge on any atom is 0.191 e. The molecule has 2 heterocycles. The summed E-state index contributed by atoms with van der Waals surface area (Å²) in [6.07, 6.45) is 5.91. The van der Waals surface area contributed by atoms with E-state index in [2.05, 4.69) is 51.1 Å². The van der Waals surface area contributed by atoms with Crippen LogP contribution in [-0.2, 0) is 20.0 Å². The molecule has 0 saturated carbocycles. The molecule has 150 valence electrons. The molecule has 3 aromatic rings. The molecule has 3 rings (SSSR count). The summed E-state index contributed by atoms with van der Waals surface area (Å²) in [7, 11) is 3.72. The van der Waals surface area contributed by atoms with Crippen molar-refractivity contribution in [3.8, 4) is 5.69 Å². The van der Waals surface area contributed by atoms with Gasteiger partial charge < -0.3 is 10.6 Å². The molecule has 7 nitrogen and oxygen atoms in total. The summed E-state index contributed by atoms with van der Waals surface area (Å²) >= 11 is 0. The zero-order chi connectivity index (χ0) is 19.1. The Bertz CT molecular complexity index is 883. The van der Waals surface area contributed by atoms with E-state index in [-0.39, 0.29) is 24.0 Å². The Balaban J connectivity index is 0.00000280. The van der Waals surface area contributed by atoms with E-state index in [4.69, 9.17) is 0 Å². The molecule has 0 fully saturated rings. The molecule has 0 saturated heterocycles. The van der Waals surface area contributed by atoms with Crippen molar-refractivity contribution < 1.29 is 0 Å². The molecular weight excluding hydrogens is 465 g/mol. The van der Waals surface area contributed by atoms with Gasteiger partial charge in [0.05, 0.1) is 23.6 Å². The van der Waals surface area contributed by atoms with Gasteiger partial charge in [-0.05, 0) is 43.5 Å². The average molecular weight is 493 g/mol. The highest BCUT2D eigenvalue weighted by atomic mass is 127. The second-order valence-corrected chi connectivity index (χ2v) is 6.42. The molecule has 0 aliphatic carbocycles. The first-order chi connectivity index (χ1) is 13.2. The Kier molecular flexibility index (Phi) is 8.49. The van der Waals surface area contributed by atoms with Gasteiger partial charge in [0.2, 0.25) is 0 Å². The fourth-order valence-electron chi connectivity index (χ4n) is 2.91. The van der Waals surface area contributed by atoms with Gasteiger partial charge in [-0.1, -0.05) is 18.2 Å². The Morgan fingerprint density at radius 2 is 1.93 bits per heavy atom. The number of benzene rings is 1. The van der Waals surface area contributed by atoms with Crippen molar-refractivity contribution in [3.63, 3.8) is 0 Å². The smallest absolute Gasteiger partial charge is 0.191 e. The number of halogens is 1. The minimum Gasteiger partial charge on any atom is -0.356 e. The first-order valence-electron chi connectivity index (χ1n) is 9.19. The van der Waals surface area contributed by atoms with Crippen molar-refractivity contribution in [3.05, 3.63) is 65.7 Å². The number of guanidine groups is 1. The zero-order valence-corrected chi connectivity index (χ0v) is 18.9. The zero-order valence-electron chi connectivity index (χ0n) is 16.6. The lowest BCUT2D eigenvalue weighted by atomic mass is 10.1. The van der Waals surface area contributed by atoms with E-state index in [1.54, 1.807) is 13.2 Å². The average Bonchev–Trinajstić information content (AvgIpc) is 3.27. The number of rotatable bonds is 7. The van der Waals surface area contributed by atoms with E-state index >= 15 is 0 Å². The lowest BCUT2D eigenvalue weighted by molar-refractivity contribution is 0.679. The first kappa shape index (κ1) is 21.9. The van der Waals surface area contributed by atoms with Gasteiger partial charge in [-0.15, -0.1) is 24.0 Å². The Hall–Kier alpha value is -2.36. The largest absolute Gasteiger partial charge is 0.356 e. The second-order valence-electron chi connectivity index (χ2n) is 6.42. The van der Waals surface area contributed by atoms with Crippen LogP contribution in [0.2, 0.25) is 0 Å². The summed E-state index contributed by atoms with van der Waals surface area (Å²) in [5.41, 5.74) is 4.56. The number of hydrogen-bond acceptors (Lipinski definition) is 3. The van der Waals surface area contributed by atoms with E-state index in [0.717, 1.165) is 42.4 Å². The van der Waals surface area contributed by atoms with Crippen molar-refractivity contribution in [2.45, 2.75) is 26.3 Å². The molecule has 0 aliphatic heterocycles. The van der Waals surface area contributed by atoms with E-state index in [1.165, 1.54) is 5.56 Å². The van der Waals surface area contributed by atoms with Crippen LogP contribution in [0.25, 0.3) is 5.69 Å². The molecule has 28 heavy (non-hydrogen) atoms. The molecule has 0 atom stereocenters. The second kappa shape index (κ2) is 10.8. The van der Waals surface area contributed by atoms with Gasteiger partial charge in [0, 0.05) is 33.0 Å². The third-order valence-corrected chi connectivity index (χ3v) is 4.52. The summed E-state index contributed by atoms with van der Waals surface area (Å²) in [4.78, 5) is 4.27. The van der Waals surface area contributed by atoms with Crippen molar-refractivity contribution in [2.24, 2.45) is 12.0 Å². The Morgan fingerprint density at radius 3 is 2.61 bits per heavy atom. The van der Waals surface area contributed by atoms with Crippen LogP contribution in [0.1, 0.15) is 23.4 Å². The van der Waals surface area contributed by atoms with Gasteiger partial charge in [0.15, 0.2) is 5.96 Å². The molecule has 2 aromatic heterocycles. The lowest BCUT2D eigenvalue weighted by Crippen LogP contribution is -2.37. The Labute approximate surface area is 183 Å². The minimum atomic E-state index is 0. The van der Waals surface area contributed by atoms with Crippen molar-refractivity contribution in [2.75, 3.05) is 13.6 Å². The molecule has 0 bridgehead atoms. The molecule has 0 amide bonds. The third-order valence-electron chi connectivity index (χ3n) is 4.52. The fourth-order valence-corrected chi connectivity index (χ4v) is 2.91. The van der Waals surface area contributed by atoms with Gasteiger partial charge in [-0.25, -0.2) is 4.68 Å². The van der Waals surface area contributed by atoms with Crippen LogP contribution in [-0.4, -0.2) is 39.1 Å². The fraction of sp³-hybridized carbons (Fsp3) is 0.350. The van der Waals surface area contributed by atoms with E-state index in [0.29, 0.717) is 6.54 Å². The summed E-state index contributed by atoms with van der Waals surface area (Å²) < 4.78 is 3.81. The van der Waals surface area contributed by atoms with Crippen LogP contribution in [0.5, 0.6) is 0 Å². The maximum absolute atomic E-state index is 4.63. The van der Waals surface area contributed by atoms with Crippen molar-refractivity contribution in [1.29, 1.82) is 0 Å². The SMILES string of the molecule is CN=C(NCCCc1cn(-c2ccccc2)nc1C)NCc1ccnn1C.I. The van der Waals surface area contributed by atoms with Gasteiger partial charge in [-0.2, -0.15) is 10.2 Å². The topological polar surface area (TPSA) is 72.1 Å². The van der Waals surface area contributed by atoms with Crippen LogP contribution in [0.4, 0.5) is 0 Å². The standard InChI is InChI=1S/C20H27N7.HI/c1-16-17(15-27(25-16)18-9-5-4-6-10-18)8-7-12-22-20(21-2)23-14-19-11-13-24-26(19)3;/h4-6,9-11,13,15H,7-8,12,14H2,1-3H3,(H2,21,22,23);1H. The van der Waals surface area contributed by atoms with E-state index in [9.17, 15) is 0 Å². The number of para-hydroxylation sites is 1. The number of aliphatic imine (C=N–C) groups is 1. The summed E-state index contributed by atoms with van der Waals surface area (Å²) in [5, 5.41) is 15.5. The molecular formula is C20H28IN7. The molecule has 1 aromatic carbocycles. The summed E-state index contributed by atoms with van der Waals surface area (Å²) in [6.45, 7) is 3.61. The highest BCUT2D eigenvalue weighted by molar-refractivity contribution is 14.0. The predicted octanol–water partition coefficient (Wildman–Crippen LogP) is 2.83. The van der Waals surface area contributed by atoms with Gasteiger partial charge in [-0.3, -0.25) is 9.67 Å². The van der Waals surface area contributed by atoms with Crippen LogP contribution < -0.4 is 10.6 Å². The summed E-state index contributed by atoms with van der Waals surface area (Å²) in [6, 6.07) is 12.2.